The van der Waals surface area contributed by atoms with Crippen LogP contribution in [0.3, 0.4) is 0 Å². The van der Waals surface area contributed by atoms with Crippen molar-refractivity contribution in [2.75, 3.05) is 4.90 Å². The molecule has 2 heterocycles. The summed E-state index contributed by atoms with van der Waals surface area (Å²) < 4.78 is 2.30. The highest BCUT2D eigenvalue weighted by atomic mass is 28.3. The minimum atomic E-state index is -2.68. The van der Waals surface area contributed by atoms with Gasteiger partial charge in [0.25, 0.3) is 0 Å². The van der Waals surface area contributed by atoms with E-state index in [2.05, 4.69) is 173 Å². The second-order valence-electron chi connectivity index (χ2n) is 12.1. The third-order valence-electron chi connectivity index (χ3n) is 9.66. The predicted octanol–water partition coefficient (Wildman–Crippen LogP) is 7.82. The molecule has 0 saturated heterocycles. The van der Waals surface area contributed by atoms with Crippen LogP contribution < -0.4 is 25.6 Å². The van der Waals surface area contributed by atoms with Crippen LogP contribution in [0.5, 0.6) is 0 Å². The average molecular weight is 616 g/mol. The summed E-state index contributed by atoms with van der Waals surface area (Å²) in [5, 5.41) is 17.5. The minimum Gasteiger partial charge on any atom is -0.311 e. The average Bonchev–Trinajstić information content (AvgIpc) is 3.47. The first-order valence-electron chi connectivity index (χ1n) is 15.9. The SMILES string of the molecule is N#Cc1ccc2c(c1)c1cc(N3c4ccccc4[Si](c4ccccc4)(c4ccccc4)c4ccccc43)ccc1n2-c1ccccc1. The molecule has 0 fully saturated rings. The third kappa shape index (κ3) is 3.97. The molecule has 0 unspecified atom stereocenters. The smallest absolute Gasteiger partial charge is 0.184 e. The van der Waals surface area contributed by atoms with E-state index in [0.717, 1.165) is 33.2 Å². The van der Waals surface area contributed by atoms with Gasteiger partial charge in [0.1, 0.15) is 0 Å². The van der Waals surface area contributed by atoms with Gasteiger partial charge in [-0.05, 0) is 81.4 Å². The Balaban J connectivity index is 1.35. The Hall–Kier alpha value is -6.15. The molecule has 1 aromatic heterocycles. The molecule has 7 aromatic carbocycles. The van der Waals surface area contributed by atoms with Gasteiger partial charge in [-0.3, -0.25) is 0 Å². The van der Waals surface area contributed by atoms with E-state index in [4.69, 9.17) is 0 Å². The molecule has 3 nitrogen and oxygen atoms in total. The van der Waals surface area contributed by atoms with Crippen molar-refractivity contribution in [1.29, 1.82) is 5.26 Å². The van der Waals surface area contributed by atoms with Crippen LogP contribution in [0.2, 0.25) is 0 Å². The number of hydrogen-bond donors (Lipinski definition) is 0. The zero-order chi connectivity index (χ0) is 31.4. The van der Waals surface area contributed by atoms with Gasteiger partial charge >= 0.3 is 0 Å². The van der Waals surface area contributed by atoms with E-state index in [0.29, 0.717) is 5.56 Å². The normalized spacial score (nSPS) is 13.2. The lowest BCUT2D eigenvalue weighted by Crippen LogP contribution is -2.77. The molecular formula is C43H29N3Si. The van der Waals surface area contributed by atoms with Crippen molar-refractivity contribution in [3.8, 4) is 11.8 Å². The van der Waals surface area contributed by atoms with Crippen molar-refractivity contribution in [2.24, 2.45) is 0 Å². The number of nitrogens with zero attached hydrogens (tertiary/aromatic N) is 3. The molecule has 0 radical (unpaired) electrons. The summed E-state index contributed by atoms with van der Waals surface area (Å²) in [6, 6.07) is 65.8. The highest BCUT2D eigenvalue weighted by molar-refractivity contribution is 7.21. The van der Waals surface area contributed by atoms with Crippen LogP contribution in [0.15, 0.2) is 176 Å². The zero-order valence-corrected chi connectivity index (χ0v) is 26.6. The fourth-order valence-electron chi connectivity index (χ4n) is 7.76. The van der Waals surface area contributed by atoms with Crippen molar-refractivity contribution in [3.63, 3.8) is 0 Å². The van der Waals surface area contributed by atoms with Crippen LogP contribution in [0, 0.1) is 11.3 Å². The van der Waals surface area contributed by atoms with Crippen LogP contribution in [-0.4, -0.2) is 12.6 Å². The molecule has 1 aliphatic rings. The van der Waals surface area contributed by atoms with Crippen LogP contribution in [0.25, 0.3) is 27.5 Å². The van der Waals surface area contributed by atoms with E-state index in [9.17, 15) is 5.26 Å². The van der Waals surface area contributed by atoms with Crippen LogP contribution >= 0.6 is 0 Å². The number of anilines is 3. The predicted molar refractivity (Wildman–Crippen MR) is 197 cm³/mol. The molecule has 0 N–H and O–H groups in total. The molecule has 0 amide bonds. The summed E-state index contributed by atoms with van der Waals surface area (Å²) in [5.74, 6) is 0. The van der Waals surface area contributed by atoms with Gasteiger partial charge in [0.2, 0.25) is 0 Å². The largest absolute Gasteiger partial charge is 0.311 e. The minimum absolute atomic E-state index is 0.658. The van der Waals surface area contributed by atoms with Crippen LogP contribution in [0.4, 0.5) is 17.1 Å². The van der Waals surface area contributed by atoms with Gasteiger partial charge in [-0.1, -0.05) is 115 Å². The van der Waals surface area contributed by atoms with Gasteiger partial charge in [0.05, 0.1) is 22.7 Å². The first-order valence-corrected chi connectivity index (χ1v) is 17.9. The Kier molecular flexibility index (Phi) is 6.21. The molecule has 9 rings (SSSR count). The third-order valence-corrected chi connectivity index (χ3v) is 14.5. The highest BCUT2D eigenvalue weighted by Crippen LogP contribution is 2.41. The second-order valence-corrected chi connectivity index (χ2v) is 15.8. The molecular weight excluding hydrogens is 587 g/mol. The van der Waals surface area contributed by atoms with Crippen molar-refractivity contribution in [3.05, 3.63) is 181 Å². The van der Waals surface area contributed by atoms with E-state index < -0.39 is 8.07 Å². The van der Waals surface area contributed by atoms with Gasteiger partial charge in [0.15, 0.2) is 8.07 Å². The van der Waals surface area contributed by atoms with Gasteiger partial charge in [0, 0.05) is 33.5 Å². The summed E-state index contributed by atoms with van der Waals surface area (Å²) >= 11 is 0. The molecule has 0 spiro atoms. The van der Waals surface area contributed by atoms with Gasteiger partial charge in [-0.15, -0.1) is 0 Å². The molecule has 0 saturated carbocycles. The molecule has 0 bridgehead atoms. The maximum Gasteiger partial charge on any atom is 0.184 e. The van der Waals surface area contributed by atoms with Crippen molar-refractivity contribution in [2.45, 2.75) is 0 Å². The fraction of sp³-hybridized carbons (Fsp3) is 0. The van der Waals surface area contributed by atoms with E-state index in [-0.39, 0.29) is 0 Å². The number of aromatic nitrogens is 1. The summed E-state index contributed by atoms with van der Waals surface area (Å²) in [6.07, 6.45) is 0. The summed E-state index contributed by atoms with van der Waals surface area (Å²) in [7, 11) is -2.68. The number of hydrogen-bond acceptors (Lipinski definition) is 2. The number of benzene rings is 7. The van der Waals surface area contributed by atoms with Crippen molar-refractivity contribution in [1.82, 2.24) is 4.57 Å². The van der Waals surface area contributed by atoms with Crippen LogP contribution in [0.1, 0.15) is 5.56 Å². The lowest BCUT2D eigenvalue weighted by Gasteiger charge is -2.45. The molecule has 8 aromatic rings. The monoisotopic (exact) mass is 615 g/mol. The molecule has 47 heavy (non-hydrogen) atoms. The van der Waals surface area contributed by atoms with E-state index in [1.54, 1.807) is 0 Å². The number of nitriles is 1. The summed E-state index contributed by atoms with van der Waals surface area (Å²) in [6.45, 7) is 0. The van der Waals surface area contributed by atoms with Crippen molar-refractivity contribution >= 4 is 67.7 Å². The quantitative estimate of drug-likeness (QED) is 0.189. The zero-order valence-electron chi connectivity index (χ0n) is 25.6. The second kappa shape index (κ2) is 10.7. The Morgan fingerprint density at radius 2 is 0.936 bits per heavy atom. The van der Waals surface area contributed by atoms with Gasteiger partial charge < -0.3 is 9.47 Å². The number of fused-ring (bicyclic) bond motifs is 5. The Labute approximate surface area is 274 Å². The number of rotatable bonds is 4. The standard InChI is InChI=1S/C43H29N3Si/c44-30-31-24-26-38-36(28-31)37-29-33(25-27-39(37)45(38)32-14-4-1-5-15-32)46-40-20-10-12-22-42(40)47(34-16-6-2-7-17-34,35-18-8-3-9-19-35)43-23-13-11-21-41(43)46/h1-29H. The molecule has 4 heteroatoms. The van der Waals surface area contributed by atoms with Gasteiger partial charge in [-0.25, -0.2) is 0 Å². The Morgan fingerprint density at radius 1 is 0.447 bits per heavy atom. The fourth-order valence-corrected chi connectivity index (χ4v) is 12.9. The van der Waals surface area contributed by atoms with E-state index in [1.165, 1.54) is 32.1 Å². The highest BCUT2D eigenvalue weighted by Gasteiger charge is 2.48. The Bertz CT molecular complexity index is 2390. The van der Waals surface area contributed by atoms with Gasteiger partial charge in [-0.2, -0.15) is 5.26 Å². The van der Waals surface area contributed by atoms with E-state index in [1.807, 2.05) is 18.2 Å². The lowest BCUT2D eigenvalue weighted by molar-refractivity contribution is 1.18. The first-order chi connectivity index (χ1) is 23.3. The topological polar surface area (TPSA) is 32.0 Å². The molecule has 1 aliphatic heterocycles. The molecule has 0 atom stereocenters. The Morgan fingerprint density at radius 3 is 1.51 bits per heavy atom. The molecule has 220 valence electrons. The first kappa shape index (κ1) is 27.2. The lowest BCUT2D eigenvalue weighted by atomic mass is 10.1. The van der Waals surface area contributed by atoms with Crippen molar-refractivity contribution < 1.29 is 0 Å². The maximum absolute atomic E-state index is 9.85. The number of para-hydroxylation sites is 3. The van der Waals surface area contributed by atoms with Crippen LogP contribution in [-0.2, 0) is 0 Å². The summed E-state index contributed by atoms with van der Waals surface area (Å²) in [4.78, 5) is 2.45. The maximum atomic E-state index is 9.85. The molecule has 0 aliphatic carbocycles. The summed E-state index contributed by atoms with van der Waals surface area (Å²) in [5.41, 5.74) is 7.45. The van der Waals surface area contributed by atoms with E-state index >= 15 is 0 Å².